The fraction of sp³-hybridized carbons (Fsp3) is 0.316. The SMILES string of the molecule is Cc1c(Cl)cccc1NC(=O)NCCn1nnc2cc(S(=O)(=O)NC(C)C)ccc21. The molecule has 0 atom stereocenters. The Hall–Kier alpha value is -2.69. The quantitative estimate of drug-likeness (QED) is 0.511. The van der Waals surface area contributed by atoms with E-state index in [-0.39, 0.29) is 17.0 Å². The van der Waals surface area contributed by atoms with Crippen LogP contribution in [0, 0.1) is 6.92 Å². The van der Waals surface area contributed by atoms with Gasteiger partial charge in [0.15, 0.2) is 0 Å². The summed E-state index contributed by atoms with van der Waals surface area (Å²) in [6.45, 7) is 6.00. The van der Waals surface area contributed by atoms with Gasteiger partial charge in [-0.2, -0.15) is 0 Å². The summed E-state index contributed by atoms with van der Waals surface area (Å²) in [5, 5.41) is 14.2. The number of nitrogens with one attached hydrogen (secondary N) is 3. The molecule has 2 aromatic carbocycles. The minimum absolute atomic E-state index is 0.130. The Balaban J connectivity index is 1.63. The molecule has 0 fully saturated rings. The van der Waals surface area contributed by atoms with Crippen LogP contribution in [0.1, 0.15) is 19.4 Å². The van der Waals surface area contributed by atoms with Crippen molar-refractivity contribution < 1.29 is 13.2 Å². The minimum atomic E-state index is -3.61. The number of rotatable bonds is 7. The normalized spacial score (nSPS) is 11.8. The number of anilines is 1. The van der Waals surface area contributed by atoms with E-state index in [1.54, 1.807) is 42.8 Å². The maximum absolute atomic E-state index is 12.3. The Morgan fingerprint density at radius 1 is 1.23 bits per heavy atom. The number of hydrogen-bond acceptors (Lipinski definition) is 5. The van der Waals surface area contributed by atoms with Crippen LogP contribution in [-0.2, 0) is 16.6 Å². The zero-order valence-corrected chi connectivity index (χ0v) is 18.4. The van der Waals surface area contributed by atoms with E-state index < -0.39 is 10.0 Å². The molecule has 1 aromatic heterocycles. The molecule has 1 heterocycles. The molecule has 0 bridgehead atoms. The van der Waals surface area contributed by atoms with E-state index in [2.05, 4.69) is 25.7 Å². The molecule has 0 aliphatic carbocycles. The second-order valence-corrected chi connectivity index (χ2v) is 9.15. The van der Waals surface area contributed by atoms with Gasteiger partial charge >= 0.3 is 6.03 Å². The number of hydrogen-bond donors (Lipinski definition) is 3. The van der Waals surface area contributed by atoms with E-state index in [1.807, 2.05) is 6.92 Å². The third-order valence-electron chi connectivity index (χ3n) is 4.31. The fourth-order valence-corrected chi connectivity index (χ4v) is 4.29. The van der Waals surface area contributed by atoms with E-state index >= 15 is 0 Å². The van der Waals surface area contributed by atoms with E-state index in [0.29, 0.717) is 34.8 Å². The largest absolute Gasteiger partial charge is 0.336 e. The monoisotopic (exact) mass is 450 g/mol. The van der Waals surface area contributed by atoms with Gasteiger partial charge in [0, 0.05) is 23.3 Å². The Morgan fingerprint density at radius 3 is 2.73 bits per heavy atom. The van der Waals surface area contributed by atoms with Crippen molar-refractivity contribution in [2.24, 2.45) is 0 Å². The molecule has 0 radical (unpaired) electrons. The maximum Gasteiger partial charge on any atom is 0.319 e. The summed E-state index contributed by atoms with van der Waals surface area (Å²) in [6.07, 6.45) is 0. The molecular weight excluding hydrogens is 428 g/mol. The van der Waals surface area contributed by atoms with E-state index in [9.17, 15) is 13.2 Å². The molecule has 30 heavy (non-hydrogen) atoms. The van der Waals surface area contributed by atoms with Gasteiger partial charge in [-0.1, -0.05) is 22.9 Å². The van der Waals surface area contributed by atoms with Crippen molar-refractivity contribution in [3.05, 3.63) is 47.0 Å². The van der Waals surface area contributed by atoms with Crippen LogP contribution in [0.2, 0.25) is 5.02 Å². The van der Waals surface area contributed by atoms with Gasteiger partial charge in [0.25, 0.3) is 0 Å². The molecule has 11 heteroatoms. The van der Waals surface area contributed by atoms with Gasteiger partial charge < -0.3 is 10.6 Å². The highest BCUT2D eigenvalue weighted by atomic mass is 35.5. The smallest absolute Gasteiger partial charge is 0.319 e. The van der Waals surface area contributed by atoms with Crippen LogP contribution in [0.4, 0.5) is 10.5 Å². The second-order valence-electron chi connectivity index (χ2n) is 7.03. The Labute approximate surface area is 179 Å². The Bertz CT molecular complexity index is 1180. The summed E-state index contributed by atoms with van der Waals surface area (Å²) in [5.41, 5.74) is 2.55. The third-order valence-corrected chi connectivity index (χ3v) is 6.38. The minimum Gasteiger partial charge on any atom is -0.336 e. The lowest BCUT2D eigenvalue weighted by molar-refractivity contribution is 0.251. The first kappa shape index (κ1) is 22.0. The molecule has 0 unspecified atom stereocenters. The Kier molecular flexibility index (Phi) is 6.59. The molecule has 0 aliphatic heterocycles. The van der Waals surface area contributed by atoms with Gasteiger partial charge in [0.2, 0.25) is 10.0 Å². The van der Waals surface area contributed by atoms with E-state index in [0.717, 1.165) is 5.56 Å². The van der Waals surface area contributed by atoms with Gasteiger partial charge in [-0.25, -0.2) is 22.6 Å². The first-order valence-electron chi connectivity index (χ1n) is 9.33. The van der Waals surface area contributed by atoms with Crippen molar-refractivity contribution in [1.82, 2.24) is 25.0 Å². The van der Waals surface area contributed by atoms with Crippen molar-refractivity contribution in [3.8, 4) is 0 Å². The zero-order chi connectivity index (χ0) is 21.9. The highest BCUT2D eigenvalue weighted by Gasteiger charge is 2.17. The molecule has 9 nitrogen and oxygen atoms in total. The fourth-order valence-electron chi connectivity index (χ4n) is 2.85. The van der Waals surface area contributed by atoms with Crippen LogP contribution in [0.25, 0.3) is 11.0 Å². The number of halogens is 1. The van der Waals surface area contributed by atoms with E-state index in [1.165, 1.54) is 12.1 Å². The van der Waals surface area contributed by atoms with Gasteiger partial charge in [0.1, 0.15) is 5.52 Å². The molecule has 3 rings (SSSR count). The van der Waals surface area contributed by atoms with Crippen LogP contribution in [0.15, 0.2) is 41.3 Å². The zero-order valence-electron chi connectivity index (χ0n) is 16.8. The summed E-state index contributed by atoms with van der Waals surface area (Å²) in [5.74, 6) is 0. The van der Waals surface area contributed by atoms with Crippen LogP contribution >= 0.6 is 11.6 Å². The van der Waals surface area contributed by atoms with Gasteiger partial charge in [-0.05, 0) is 56.7 Å². The molecule has 0 saturated carbocycles. The number of carbonyl (C=O) groups is 1. The van der Waals surface area contributed by atoms with Gasteiger partial charge in [-0.3, -0.25) is 0 Å². The number of carbonyl (C=O) groups excluding carboxylic acids is 1. The van der Waals surface area contributed by atoms with Crippen LogP contribution in [0.3, 0.4) is 0 Å². The second kappa shape index (κ2) is 8.99. The first-order valence-corrected chi connectivity index (χ1v) is 11.2. The predicted octanol–water partition coefficient (Wildman–Crippen LogP) is 2.90. The molecule has 3 N–H and O–H groups in total. The molecule has 0 aliphatic rings. The number of fused-ring (bicyclic) bond motifs is 1. The lowest BCUT2D eigenvalue weighted by Crippen LogP contribution is -2.32. The van der Waals surface area contributed by atoms with Crippen molar-refractivity contribution in [2.75, 3.05) is 11.9 Å². The number of urea groups is 1. The molecule has 2 amide bonds. The maximum atomic E-state index is 12.3. The van der Waals surface area contributed by atoms with Crippen LogP contribution < -0.4 is 15.4 Å². The molecular formula is C19H23ClN6O3S. The van der Waals surface area contributed by atoms with Crippen LogP contribution in [0.5, 0.6) is 0 Å². The molecule has 3 aromatic rings. The topological polar surface area (TPSA) is 118 Å². The average molecular weight is 451 g/mol. The molecule has 0 saturated heterocycles. The van der Waals surface area contributed by atoms with Gasteiger partial charge in [0.05, 0.1) is 17.0 Å². The highest BCUT2D eigenvalue weighted by Crippen LogP contribution is 2.22. The Morgan fingerprint density at radius 2 is 2.00 bits per heavy atom. The van der Waals surface area contributed by atoms with Crippen molar-refractivity contribution >= 4 is 44.4 Å². The lowest BCUT2D eigenvalue weighted by Gasteiger charge is -2.11. The molecule has 160 valence electrons. The molecule has 0 spiro atoms. The van der Waals surface area contributed by atoms with Crippen LogP contribution in [-0.4, -0.2) is 42.0 Å². The number of aromatic nitrogens is 3. The third kappa shape index (κ3) is 5.07. The number of nitrogens with zero attached hydrogens (tertiary/aromatic N) is 3. The van der Waals surface area contributed by atoms with Gasteiger partial charge in [-0.15, -0.1) is 5.10 Å². The number of benzene rings is 2. The summed E-state index contributed by atoms with van der Waals surface area (Å²) < 4.78 is 28.8. The summed E-state index contributed by atoms with van der Waals surface area (Å²) in [7, 11) is -3.61. The highest BCUT2D eigenvalue weighted by molar-refractivity contribution is 7.89. The summed E-state index contributed by atoms with van der Waals surface area (Å²) >= 11 is 6.06. The lowest BCUT2D eigenvalue weighted by atomic mass is 10.2. The summed E-state index contributed by atoms with van der Waals surface area (Å²) in [6, 6.07) is 9.35. The standard InChI is InChI=1S/C19H23ClN6O3S/c1-12(2)24-30(28,29)14-7-8-18-17(11-14)23-25-26(18)10-9-21-19(27)22-16-6-4-5-15(20)13(16)3/h4-8,11-12,24H,9-10H2,1-3H3,(H2,21,22,27). The van der Waals surface area contributed by atoms with Crippen molar-refractivity contribution in [3.63, 3.8) is 0 Å². The number of sulfonamides is 1. The number of amides is 2. The van der Waals surface area contributed by atoms with Crippen molar-refractivity contribution in [1.29, 1.82) is 0 Å². The predicted molar refractivity (Wildman–Crippen MR) is 116 cm³/mol. The first-order chi connectivity index (χ1) is 14.2. The average Bonchev–Trinajstić information content (AvgIpc) is 3.07. The van der Waals surface area contributed by atoms with E-state index in [4.69, 9.17) is 11.6 Å². The summed E-state index contributed by atoms with van der Waals surface area (Å²) in [4.78, 5) is 12.3. The van der Waals surface area contributed by atoms with Crippen molar-refractivity contribution in [2.45, 2.75) is 38.3 Å².